The number of likely N-dealkylation sites (N-methyl/N-ethyl adjacent to an activating group) is 1. The lowest BCUT2D eigenvalue weighted by Crippen LogP contribution is -2.41. The number of carbonyl (C=O) groups is 1. The molecule has 27 heavy (non-hydrogen) atoms. The minimum atomic E-state index is 0.135. The fraction of sp³-hybridized carbons (Fsp3) is 0.591. The van der Waals surface area contributed by atoms with Gasteiger partial charge in [0.05, 0.1) is 0 Å². The molecule has 2 aliphatic heterocycles. The second kappa shape index (κ2) is 7.19. The Kier molecular flexibility index (Phi) is 4.89. The molecule has 5 nitrogen and oxygen atoms in total. The maximum Gasteiger partial charge on any atom is 0.270 e. The van der Waals surface area contributed by atoms with Crippen LogP contribution in [-0.2, 0) is 0 Å². The number of piperidine rings is 1. The second-order valence-corrected chi connectivity index (χ2v) is 8.26. The molecule has 1 unspecified atom stereocenters. The van der Waals surface area contributed by atoms with Crippen molar-refractivity contribution < 1.29 is 9.53 Å². The number of rotatable bonds is 4. The Hall–Kier alpha value is -2.01. The lowest BCUT2D eigenvalue weighted by Gasteiger charge is -2.34. The molecule has 1 saturated heterocycles. The number of benzene rings is 1. The summed E-state index contributed by atoms with van der Waals surface area (Å²) in [4.78, 5) is 17.2. The van der Waals surface area contributed by atoms with Gasteiger partial charge in [0, 0.05) is 49.2 Å². The van der Waals surface area contributed by atoms with E-state index in [-0.39, 0.29) is 12.0 Å². The number of aromatic nitrogens is 1. The van der Waals surface area contributed by atoms with Gasteiger partial charge in [-0.15, -0.1) is 0 Å². The minimum Gasteiger partial charge on any atom is -0.490 e. The summed E-state index contributed by atoms with van der Waals surface area (Å²) in [5.74, 6) is 1.05. The molecule has 1 atom stereocenters. The van der Waals surface area contributed by atoms with E-state index in [2.05, 4.69) is 48.4 Å². The van der Waals surface area contributed by atoms with Gasteiger partial charge in [-0.3, -0.25) is 4.79 Å². The molecule has 5 heteroatoms. The van der Waals surface area contributed by atoms with Crippen molar-refractivity contribution in [2.24, 2.45) is 0 Å². The molecule has 4 rings (SSSR count). The molecule has 3 heterocycles. The largest absolute Gasteiger partial charge is 0.490 e. The van der Waals surface area contributed by atoms with Gasteiger partial charge in [-0.2, -0.15) is 0 Å². The summed E-state index contributed by atoms with van der Waals surface area (Å²) in [6, 6.07) is 9.21. The highest BCUT2D eigenvalue weighted by Crippen LogP contribution is 2.32. The van der Waals surface area contributed by atoms with Crippen LogP contribution in [0.1, 0.15) is 57.1 Å². The Balaban J connectivity index is 1.55. The monoisotopic (exact) mass is 369 g/mol. The Bertz CT molecular complexity index is 833. The predicted molar refractivity (Wildman–Crippen MR) is 109 cm³/mol. The van der Waals surface area contributed by atoms with Crippen molar-refractivity contribution in [1.29, 1.82) is 0 Å². The van der Waals surface area contributed by atoms with E-state index < -0.39 is 0 Å². The van der Waals surface area contributed by atoms with Crippen LogP contribution in [0.15, 0.2) is 24.3 Å². The molecular weight excluding hydrogens is 338 g/mol. The smallest absolute Gasteiger partial charge is 0.270 e. The summed E-state index contributed by atoms with van der Waals surface area (Å²) in [6.45, 7) is 12.5. The topological polar surface area (TPSA) is 37.7 Å². The van der Waals surface area contributed by atoms with Crippen LogP contribution >= 0.6 is 0 Å². The van der Waals surface area contributed by atoms with E-state index in [0.29, 0.717) is 12.1 Å². The quantitative estimate of drug-likeness (QED) is 0.819. The van der Waals surface area contributed by atoms with Crippen molar-refractivity contribution in [3.8, 4) is 5.75 Å². The Labute approximate surface area is 161 Å². The van der Waals surface area contributed by atoms with Gasteiger partial charge >= 0.3 is 0 Å². The van der Waals surface area contributed by atoms with Crippen LogP contribution in [-0.4, -0.2) is 58.6 Å². The standard InChI is InChI=1S/C22H31N3O2/c1-5-23-14-16(4)25-20-7-6-19(12-17(20)13-21(25)22(23)26)27-18-8-10-24(11-9-18)15(2)3/h6-7,12-13,15-16,18H,5,8-11,14H2,1-4H3. The number of hydrogen-bond acceptors (Lipinski definition) is 3. The highest BCUT2D eigenvalue weighted by molar-refractivity contribution is 6.00. The molecule has 0 saturated carbocycles. The average Bonchev–Trinajstić information content (AvgIpc) is 3.04. The molecule has 0 N–H and O–H groups in total. The molecule has 1 aromatic carbocycles. The first kappa shape index (κ1) is 18.4. The molecule has 1 amide bonds. The summed E-state index contributed by atoms with van der Waals surface area (Å²) in [5, 5.41) is 1.10. The third-order valence-corrected chi connectivity index (χ3v) is 6.13. The van der Waals surface area contributed by atoms with E-state index in [1.165, 1.54) is 0 Å². The molecule has 0 bridgehead atoms. The Morgan fingerprint density at radius 3 is 2.59 bits per heavy atom. The number of nitrogens with zero attached hydrogens (tertiary/aromatic N) is 3. The van der Waals surface area contributed by atoms with Crippen molar-refractivity contribution in [3.63, 3.8) is 0 Å². The number of fused-ring (bicyclic) bond motifs is 3. The number of carbonyl (C=O) groups excluding carboxylic acids is 1. The van der Waals surface area contributed by atoms with Crippen LogP contribution in [0, 0.1) is 0 Å². The summed E-state index contributed by atoms with van der Waals surface area (Å²) in [6.07, 6.45) is 2.43. The lowest BCUT2D eigenvalue weighted by atomic mass is 10.1. The molecule has 1 aromatic heterocycles. The maximum atomic E-state index is 12.7. The molecule has 1 fully saturated rings. The van der Waals surface area contributed by atoms with Crippen molar-refractivity contribution in [2.45, 2.75) is 58.7 Å². The molecule has 2 aromatic rings. The number of ether oxygens (including phenoxy) is 1. The van der Waals surface area contributed by atoms with Crippen molar-refractivity contribution in [2.75, 3.05) is 26.2 Å². The normalized spacial score (nSPS) is 21.9. The lowest BCUT2D eigenvalue weighted by molar-refractivity contribution is 0.0690. The minimum absolute atomic E-state index is 0.135. The summed E-state index contributed by atoms with van der Waals surface area (Å²) in [7, 11) is 0. The van der Waals surface area contributed by atoms with E-state index in [1.54, 1.807) is 0 Å². The van der Waals surface area contributed by atoms with Gasteiger partial charge in [-0.1, -0.05) is 0 Å². The Morgan fingerprint density at radius 1 is 1.19 bits per heavy atom. The van der Waals surface area contributed by atoms with Crippen LogP contribution in [0.4, 0.5) is 0 Å². The molecule has 0 aliphatic carbocycles. The van der Waals surface area contributed by atoms with Gasteiger partial charge in [-0.25, -0.2) is 0 Å². The third kappa shape index (κ3) is 3.33. The zero-order chi connectivity index (χ0) is 19.1. The predicted octanol–water partition coefficient (Wildman–Crippen LogP) is 3.93. The van der Waals surface area contributed by atoms with Crippen LogP contribution < -0.4 is 4.74 Å². The number of likely N-dealkylation sites (tertiary alicyclic amines) is 1. The third-order valence-electron chi connectivity index (χ3n) is 6.13. The van der Waals surface area contributed by atoms with Crippen LogP contribution in [0.5, 0.6) is 5.75 Å². The van der Waals surface area contributed by atoms with E-state index in [0.717, 1.165) is 61.4 Å². The average molecular weight is 370 g/mol. The molecule has 146 valence electrons. The summed E-state index contributed by atoms with van der Waals surface area (Å²) < 4.78 is 8.48. The number of hydrogen-bond donors (Lipinski definition) is 0. The zero-order valence-electron chi connectivity index (χ0n) is 16.9. The molecular formula is C22H31N3O2. The maximum absolute atomic E-state index is 12.7. The van der Waals surface area contributed by atoms with E-state index >= 15 is 0 Å². The second-order valence-electron chi connectivity index (χ2n) is 8.26. The van der Waals surface area contributed by atoms with Crippen LogP contribution in [0.25, 0.3) is 10.9 Å². The van der Waals surface area contributed by atoms with E-state index in [9.17, 15) is 4.79 Å². The van der Waals surface area contributed by atoms with Gasteiger partial charge < -0.3 is 19.1 Å². The fourth-order valence-corrected chi connectivity index (χ4v) is 4.55. The van der Waals surface area contributed by atoms with Gasteiger partial charge in [0.15, 0.2) is 0 Å². The first-order valence-electron chi connectivity index (χ1n) is 10.3. The summed E-state index contributed by atoms with van der Waals surface area (Å²) >= 11 is 0. The van der Waals surface area contributed by atoms with Gasteiger partial charge in [-0.05, 0) is 64.8 Å². The highest BCUT2D eigenvalue weighted by Gasteiger charge is 2.30. The van der Waals surface area contributed by atoms with Crippen molar-refractivity contribution in [1.82, 2.24) is 14.4 Å². The van der Waals surface area contributed by atoms with E-state index in [1.807, 2.05) is 17.9 Å². The van der Waals surface area contributed by atoms with Gasteiger partial charge in [0.1, 0.15) is 17.5 Å². The first-order valence-corrected chi connectivity index (χ1v) is 10.3. The van der Waals surface area contributed by atoms with Gasteiger partial charge in [0.25, 0.3) is 5.91 Å². The van der Waals surface area contributed by atoms with Crippen LogP contribution in [0.2, 0.25) is 0 Å². The van der Waals surface area contributed by atoms with Crippen molar-refractivity contribution >= 4 is 16.8 Å². The SMILES string of the molecule is CCN1CC(C)n2c(cc3cc(OC4CCN(C(C)C)CC4)ccc32)C1=O. The number of amides is 1. The van der Waals surface area contributed by atoms with Crippen LogP contribution in [0.3, 0.4) is 0 Å². The molecule has 0 radical (unpaired) electrons. The first-order chi connectivity index (χ1) is 13.0. The van der Waals surface area contributed by atoms with E-state index in [4.69, 9.17) is 4.74 Å². The fourth-order valence-electron chi connectivity index (χ4n) is 4.55. The van der Waals surface area contributed by atoms with Crippen molar-refractivity contribution in [3.05, 3.63) is 30.0 Å². The molecule has 0 spiro atoms. The highest BCUT2D eigenvalue weighted by atomic mass is 16.5. The Morgan fingerprint density at radius 2 is 1.93 bits per heavy atom. The zero-order valence-corrected chi connectivity index (χ0v) is 16.9. The summed E-state index contributed by atoms with van der Waals surface area (Å²) in [5.41, 5.74) is 1.93. The molecule has 2 aliphatic rings. The van der Waals surface area contributed by atoms with Gasteiger partial charge in [0.2, 0.25) is 0 Å².